The predicted molar refractivity (Wildman–Crippen MR) is 212 cm³/mol. The van der Waals surface area contributed by atoms with Crippen LogP contribution in [0.1, 0.15) is 84.0 Å². The Kier molecular flexibility index (Phi) is 10.0. The minimum absolute atomic E-state index is 0.0517. The number of rotatable bonds is 11. The second-order valence-corrected chi connectivity index (χ2v) is 15.8. The van der Waals surface area contributed by atoms with Crippen LogP contribution in [0, 0.1) is 11.8 Å². The molecule has 2 saturated heterocycles. The molecule has 6 aromatic rings. The molecule has 0 bridgehead atoms. The first-order valence-electron chi connectivity index (χ1n) is 19.6. The zero-order valence-corrected chi connectivity index (χ0v) is 32.6. The van der Waals surface area contributed by atoms with E-state index in [9.17, 15) is 24.3 Å². The molecule has 0 radical (unpaired) electrons. The molecule has 2 aliphatic heterocycles. The van der Waals surface area contributed by atoms with Crippen molar-refractivity contribution in [1.82, 2.24) is 60.3 Å². The minimum Gasteiger partial charge on any atom is -0.387 e. The Morgan fingerprint density at radius 3 is 1.96 bits per heavy atom. The summed E-state index contributed by atoms with van der Waals surface area (Å²) in [4.78, 5) is 87.4. The second-order valence-electron chi connectivity index (χ2n) is 15.8. The molecule has 0 spiro atoms. The molecule has 7 N–H and O–H groups in total. The van der Waals surface area contributed by atoms with Crippen LogP contribution in [-0.2, 0) is 19.2 Å². The molecule has 0 aliphatic carbocycles. The van der Waals surface area contributed by atoms with Crippen molar-refractivity contribution >= 4 is 56.7 Å². The highest BCUT2D eigenvalue weighted by Gasteiger charge is 2.38. The average molecular weight is 777 g/mol. The molecular formula is C40H48N12O5. The van der Waals surface area contributed by atoms with Gasteiger partial charge in [-0.15, -0.1) is 0 Å². The molecule has 57 heavy (non-hydrogen) atoms. The van der Waals surface area contributed by atoms with Crippen LogP contribution in [0.15, 0.2) is 36.5 Å². The van der Waals surface area contributed by atoms with Gasteiger partial charge in [0.15, 0.2) is 5.82 Å². The number of carbonyl (C=O) groups excluding carboxylic acids is 4. The SMILES string of the molecule is CC(=O)N[C@@H](C(=O)N1CCCC1c1ncc(-c2nc3cc4nc(-c5ccc6nc(C7CCCN7C(=O)[C@@H](NC(=O)CO)C(C)C)[nH]c6c5)[nH]c4cc3[nH]2)[nH]1)C(C)C. The van der Waals surface area contributed by atoms with E-state index >= 15 is 0 Å². The van der Waals surface area contributed by atoms with E-state index in [1.165, 1.54) is 6.92 Å². The van der Waals surface area contributed by atoms with Crippen LogP contribution in [0.5, 0.6) is 0 Å². The molecule has 2 unspecified atom stereocenters. The molecule has 2 aliphatic rings. The first-order chi connectivity index (χ1) is 27.4. The lowest BCUT2D eigenvalue weighted by Crippen LogP contribution is -2.51. The number of aliphatic hydroxyl groups excluding tert-OH is 1. The monoisotopic (exact) mass is 776 g/mol. The Bertz CT molecular complexity index is 2440. The number of hydrogen-bond donors (Lipinski definition) is 7. The van der Waals surface area contributed by atoms with Crippen LogP contribution in [-0.4, -0.2) is 110 Å². The third kappa shape index (κ3) is 7.22. The van der Waals surface area contributed by atoms with Crippen LogP contribution >= 0.6 is 0 Å². The molecule has 4 amide bonds. The highest BCUT2D eigenvalue weighted by Crippen LogP contribution is 2.35. The zero-order chi connectivity index (χ0) is 40.1. The van der Waals surface area contributed by atoms with Crippen LogP contribution in [0.2, 0.25) is 0 Å². The van der Waals surface area contributed by atoms with Crippen molar-refractivity contribution in [3.8, 4) is 22.9 Å². The fourth-order valence-corrected chi connectivity index (χ4v) is 8.19. The van der Waals surface area contributed by atoms with Crippen LogP contribution < -0.4 is 10.6 Å². The molecule has 17 heteroatoms. The number of aromatic amines is 4. The van der Waals surface area contributed by atoms with Crippen LogP contribution in [0.4, 0.5) is 0 Å². The highest BCUT2D eigenvalue weighted by atomic mass is 16.3. The Morgan fingerprint density at radius 1 is 0.737 bits per heavy atom. The molecule has 0 saturated carbocycles. The van der Waals surface area contributed by atoms with E-state index in [1.54, 1.807) is 11.1 Å². The van der Waals surface area contributed by atoms with Crippen molar-refractivity contribution in [2.45, 2.75) is 84.5 Å². The lowest BCUT2D eigenvalue weighted by atomic mass is 10.0. The number of carbonyl (C=O) groups is 4. The van der Waals surface area contributed by atoms with Crippen molar-refractivity contribution < 1.29 is 24.3 Å². The lowest BCUT2D eigenvalue weighted by Gasteiger charge is -2.30. The Morgan fingerprint density at radius 2 is 1.33 bits per heavy atom. The molecule has 2 fully saturated rings. The summed E-state index contributed by atoms with van der Waals surface area (Å²) in [6.45, 7) is 9.50. The van der Waals surface area contributed by atoms with Crippen molar-refractivity contribution in [2.75, 3.05) is 19.7 Å². The van der Waals surface area contributed by atoms with Crippen LogP contribution in [0.25, 0.3) is 56.0 Å². The molecule has 4 aromatic heterocycles. The number of fused-ring (bicyclic) bond motifs is 3. The van der Waals surface area contributed by atoms with E-state index in [0.717, 1.165) is 64.3 Å². The molecule has 6 heterocycles. The van der Waals surface area contributed by atoms with E-state index in [4.69, 9.17) is 15.0 Å². The van der Waals surface area contributed by atoms with Gasteiger partial charge in [-0.05, 0) is 67.9 Å². The Balaban J connectivity index is 0.999. The van der Waals surface area contributed by atoms with Gasteiger partial charge in [0.25, 0.3) is 0 Å². The van der Waals surface area contributed by atoms with Gasteiger partial charge < -0.3 is 45.5 Å². The van der Waals surface area contributed by atoms with Gasteiger partial charge in [0.2, 0.25) is 23.6 Å². The number of nitrogens with zero attached hydrogens (tertiary/aromatic N) is 6. The summed E-state index contributed by atoms with van der Waals surface area (Å²) in [6.07, 6.45) is 4.89. The number of hydrogen-bond acceptors (Lipinski definition) is 9. The van der Waals surface area contributed by atoms with Gasteiger partial charge in [0.05, 0.1) is 51.4 Å². The fourth-order valence-electron chi connectivity index (χ4n) is 8.19. The predicted octanol–water partition coefficient (Wildman–Crippen LogP) is 3.99. The number of H-pyrrole nitrogens is 4. The van der Waals surface area contributed by atoms with Crippen molar-refractivity contribution in [2.24, 2.45) is 11.8 Å². The fraction of sp³-hybridized carbons (Fsp3) is 0.450. The Labute approximate surface area is 327 Å². The summed E-state index contributed by atoms with van der Waals surface area (Å²) in [5.74, 6) is 1.36. The van der Waals surface area contributed by atoms with E-state index in [1.807, 2.05) is 62.9 Å². The first-order valence-corrected chi connectivity index (χ1v) is 19.6. The molecule has 17 nitrogen and oxygen atoms in total. The van der Waals surface area contributed by atoms with Gasteiger partial charge in [-0.3, -0.25) is 19.2 Å². The van der Waals surface area contributed by atoms with Gasteiger partial charge in [-0.1, -0.05) is 27.7 Å². The number of imidazole rings is 4. The third-order valence-corrected chi connectivity index (χ3v) is 11.1. The number of amides is 4. The summed E-state index contributed by atoms with van der Waals surface area (Å²) in [5, 5.41) is 14.7. The van der Waals surface area contributed by atoms with Gasteiger partial charge in [-0.25, -0.2) is 19.9 Å². The quantitative estimate of drug-likeness (QED) is 0.101. The number of aromatic nitrogens is 8. The van der Waals surface area contributed by atoms with Crippen LogP contribution in [0.3, 0.4) is 0 Å². The number of aliphatic hydroxyl groups is 1. The molecule has 4 atom stereocenters. The summed E-state index contributed by atoms with van der Waals surface area (Å²) < 4.78 is 0. The van der Waals surface area contributed by atoms with Crippen molar-refractivity contribution in [3.63, 3.8) is 0 Å². The van der Waals surface area contributed by atoms with Crippen molar-refractivity contribution in [1.29, 1.82) is 0 Å². The van der Waals surface area contributed by atoms with Gasteiger partial charge in [0.1, 0.15) is 41.9 Å². The van der Waals surface area contributed by atoms with E-state index in [0.29, 0.717) is 42.1 Å². The normalized spacial score (nSPS) is 18.4. The van der Waals surface area contributed by atoms with Crippen molar-refractivity contribution in [3.05, 3.63) is 48.2 Å². The number of benzene rings is 2. The third-order valence-electron chi connectivity index (χ3n) is 11.1. The average Bonchev–Trinajstić information content (AvgIpc) is 4.03. The smallest absolute Gasteiger partial charge is 0.246 e. The lowest BCUT2D eigenvalue weighted by molar-refractivity contribution is -0.139. The Hall–Kier alpha value is -6.10. The highest BCUT2D eigenvalue weighted by molar-refractivity contribution is 5.94. The van der Waals surface area contributed by atoms with E-state index in [-0.39, 0.29) is 41.6 Å². The maximum atomic E-state index is 13.6. The molecule has 298 valence electrons. The second kappa shape index (κ2) is 15.1. The minimum atomic E-state index is -0.741. The van der Waals surface area contributed by atoms with E-state index < -0.39 is 24.6 Å². The first kappa shape index (κ1) is 37.8. The maximum absolute atomic E-state index is 13.6. The van der Waals surface area contributed by atoms with E-state index in [2.05, 4.69) is 35.6 Å². The summed E-state index contributed by atoms with van der Waals surface area (Å²) >= 11 is 0. The maximum Gasteiger partial charge on any atom is 0.246 e. The molecular weight excluding hydrogens is 729 g/mol. The zero-order valence-electron chi connectivity index (χ0n) is 32.6. The standard InChI is InChI=1S/C40H48N12O5/c1-19(2)33(42-21(5)54)39(56)51-12-6-8-30(51)37-41-17-29(49-37)36-46-27-15-25-26(16-28(27)47-36)45-35(44-25)22-10-11-23-24(14-22)48-38(43-23)31-9-7-13-52(31)40(57)34(20(3)4)50-32(55)18-53/h10-11,14-17,19-20,30-31,33-34,53H,6-9,12-13,18H2,1-5H3,(H,41,49)(H,42,54)(H,43,48)(H,44,45)(H,46,47)(H,50,55)/t30?,31?,33-,34+/m1/s1. The van der Waals surface area contributed by atoms with Gasteiger partial charge in [-0.2, -0.15) is 0 Å². The van der Waals surface area contributed by atoms with Gasteiger partial charge in [0, 0.05) is 25.6 Å². The summed E-state index contributed by atoms with van der Waals surface area (Å²) in [5.41, 5.74) is 6.27. The largest absolute Gasteiger partial charge is 0.387 e. The number of likely N-dealkylation sites (tertiary alicyclic amines) is 2. The topological polar surface area (TPSA) is 234 Å². The summed E-state index contributed by atoms with van der Waals surface area (Å²) in [7, 11) is 0. The van der Waals surface area contributed by atoms with Gasteiger partial charge >= 0.3 is 0 Å². The molecule has 8 rings (SSSR count). The summed E-state index contributed by atoms with van der Waals surface area (Å²) in [6, 6.07) is 7.96. The number of nitrogens with one attached hydrogen (secondary N) is 6. The molecule has 2 aromatic carbocycles.